The van der Waals surface area contributed by atoms with Gasteiger partial charge in [0.15, 0.2) is 0 Å². The van der Waals surface area contributed by atoms with E-state index in [-0.39, 0.29) is 11.2 Å². The molecule has 2 N–H and O–H groups in total. The average Bonchev–Trinajstić information content (AvgIpc) is 3.14. The summed E-state index contributed by atoms with van der Waals surface area (Å²) in [4.78, 5) is 24.0. The standard InChI is InChI=1S/C20H24N2O4/c1-14(2)20(9-3-11-26-20)17-8-10-22(18(23)12-17)13-15-4-6-16(7-5-15)19(24)21-25/h4-8,10,12,14,25H,3,9,11,13H2,1-2H3,(H,21,24). The fourth-order valence-corrected chi connectivity index (χ4v) is 3.60. The molecule has 1 aliphatic heterocycles. The van der Waals surface area contributed by atoms with Gasteiger partial charge in [-0.3, -0.25) is 14.8 Å². The lowest BCUT2D eigenvalue weighted by Gasteiger charge is -2.33. The maximum Gasteiger partial charge on any atom is 0.274 e. The van der Waals surface area contributed by atoms with E-state index in [0.717, 1.165) is 30.6 Å². The van der Waals surface area contributed by atoms with Gasteiger partial charge in [-0.25, -0.2) is 5.48 Å². The number of nitrogens with zero attached hydrogens (tertiary/aromatic N) is 1. The Morgan fingerprint density at radius 3 is 2.58 bits per heavy atom. The van der Waals surface area contributed by atoms with E-state index in [9.17, 15) is 9.59 Å². The number of nitrogens with one attached hydrogen (secondary N) is 1. The Labute approximate surface area is 152 Å². The highest BCUT2D eigenvalue weighted by atomic mass is 16.5. The zero-order chi connectivity index (χ0) is 18.7. The van der Waals surface area contributed by atoms with Crippen LogP contribution in [0.4, 0.5) is 0 Å². The lowest BCUT2D eigenvalue weighted by atomic mass is 9.81. The number of ether oxygens (including phenoxy) is 1. The molecular formula is C20H24N2O4. The molecule has 2 heterocycles. The molecule has 1 aromatic carbocycles. The fourth-order valence-electron chi connectivity index (χ4n) is 3.60. The molecule has 0 spiro atoms. The molecule has 0 bridgehead atoms. The van der Waals surface area contributed by atoms with E-state index < -0.39 is 5.91 Å². The van der Waals surface area contributed by atoms with Crippen molar-refractivity contribution in [3.05, 3.63) is 69.6 Å². The van der Waals surface area contributed by atoms with Gasteiger partial charge in [-0.1, -0.05) is 26.0 Å². The van der Waals surface area contributed by atoms with E-state index >= 15 is 0 Å². The van der Waals surface area contributed by atoms with Crippen molar-refractivity contribution in [1.29, 1.82) is 0 Å². The van der Waals surface area contributed by atoms with Crippen molar-refractivity contribution in [2.45, 2.75) is 38.8 Å². The number of hydrogen-bond donors (Lipinski definition) is 2. The molecule has 6 heteroatoms. The van der Waals surface area contributed by atoms with Crippen LogP contribution in [0.3, 0.4) is 0 Å². The summed E-state index contributed by atoms with van der Waals surface area (Å²) in [6, 6.07) is 10.4. The molecule has 1 aromatic heterocycles. The van der Waals surface area contributed by atoms with Gasteiger partial charge in [-0.05, 0) is 48.1 Å². The van der Waals surface area contributed by atoms with Gasteiger partial charge in [-0.2, -0.15) is 0 Å². The van der Waals surface area contributed by atoms with Crippen molar-refractivity contribution in [2.75, 3.05) is 6.61 Å². The number of pyridine rings is 1. The van der Waals surface area contributed by atoms with Crippen LogP contribution in [-0.4, -0.2) is 22.3 Å². The van der Waals surface area contributed by atoms with Gasteiger partial charge in [0.1, 0.15) is 0 Å². The SMILES string of the molecule is CC(C)C1(c2ccn(Cc3ccc(C(=O)NO)cc3)c(=O)c2)CCCO1. The first-order valence-electron chi connectivity index (χ1n) is 8.84. The van der Waals surface area contributed by atoms with Crippen LogP contribution in [0.25, 0.3) is 0 Å². The van der Waals surface area contributed by atoms with Gasteiger partial charge in [0.2, 0.25) is 0 Å². The summed E-state index contributed by atoms with van der Waals surface area (Å²) >= 11 is 0. The molecule has 1 unspecified atom stereocenters. The first-order valence-corrected chi connectivity index (χ1v) is 8.84. The topological polar surface area (TPSA) is 80.6 Å². The molecule has 1 fully saturated rings. The van der Waals surface area contributed by atoms with E-state index in [2.05, 4.69) is 13.8 Å². The Kier molecular flexibility index (Phi) is 5.25. The highest BCUT2D eigenvalue weighted by Crippen LogP contribution is 2.41. The molecule has 1 amide bonds. The summed E-state index contributed by atoms with van der Waals surface area (Å²) in [6.45, 7) is 5.40. The molecule has 138 valence electrons. The minimum Gasteiger partial charge on any atom is -0.370 e. The van der Waals surface area contributed by atoms with E-state index in [1.807, 2.05) is 6.07 Å². The van der Waals surface area contributed by atoms with Gasteiger partial charge in [0.05, 0.1) is 12.1 Å². The van der Waals surface area contributed by atoms with Crippen LogP contribution in [0.1, 0.15) is 48.2 Å². The van der Waals surface area contributed by atoms with Gasteiger partial charge in [0.25, 0.3) is 11.5 Å². The number of benzene rings is 1. The molecule has 0 saturated carbocycles. The van der Waals surface area contributed by atoms with E-state index in [1.165, 1.54) is 0 Å². The van der Waals surface area contributed by atoms with Gasteiger partial charge in [0, 0.05) is 24.4 Å². The molecule has 0 radical (unpaired) electrons. The van der Waals surface area contributed by atoms with Crippen LogP contribution in [0.15, 0.2) is 47.4 Å². The lowest BCUT2D eigenvalue weighted by molar-refractivity contribution is -0.0384. The van der Waals surface area contributed by atoms with E-state index in [4.69, 9.17) is 9.94 Å². The third kappa shape index (κ3) is 3.43. The van der Waals surface area contributed by atoms with Crippen LogP contribution in [0.5, 0.6) is 0 Å². The summed E-state index contributed by atoms with van der Waals surface area (Å²) < 4.78 is 7.67. The Balaban J connectivity index is 1.82. The number of hydroxylamine groups is 1. The molecule has 0 aliphatic carbocycles. The summed E-state index contributed by atoms with van der Waals surface area (Å²) in [7, 11) is 0. The van der Waals surface area contributed by atoms with Crippen molar-refractivity contribution in [2.24, 2.45) is 5.92 Å². The van der Waals surface area contributed by atoms with Crippen LogP contribution in [-0.2, 0) is 16.9 Å². The second-order valence-corrected chi connectivity index (χ2v) is 7.02. The second kappa shape index (κ2) is 7.43. The Morgan fingerprint density at radius 1 is 1.31 bits per heavy atom. The Morgan fingerprint density at radius 2 is 2.04 bits per heavy atom. The normalized spacial score (nSPS) is 19.7. The Bertz CT molecular complexity index is 834. The highest BCUT2D eigenvalue weighted by Gasteiger charge is 2.40. The molecule has 3 rings (SSSR count). The summed E-state index contributed by atoms with van der Waals surface area (Å²) in [5.41, 5.74) is 3.36. The predicted octanol–water partition coefficient (Wildman–Crippen LogP) is 2.68. The van der Waals surface area contributed by atoms with Crippen molar-refractivity contribution in [3.8, 4) is 0 Å². The third-order valence-corrected chi connectivity index (χ3v) is 5.14. The lowest BCUT2D eigenvalue weighted by Crippen LogP contribution is -2.33. The predicted molar refractivity (Wildman–Crippen MR) is 97.2 cm³/mol. The number of aromatic nitrogens is 1. The zero-order valence-corrected chi connectivity index (χ0v) is 15.1. The number of rotatable bonds is 5. The first-order chi connectivity index (χ1) is 12.5. The quantitative estimate of drug-likeness (QED) is 0.638. The Hall–Kier alpha value is -2.44. The average molecular weight is 356 g/mol. The van der Waals surface area contributed by atoms with Crippen LogP contribution < -0.4 is 11.0 Å². The zero-order valence-electron chi connectivity index (χ0n) is 15.1. The summed E-state index contributed by atoms with van der Waals surface area (Å²) in [6.07, 6.45) is 3.75. The number of carbonyl (C=O) groups is 1. The molecule has 1 aliphatic rings. The van der Waals surface area contributed by atoms with Crippen LogP contribution in [0, 0.1) is 5.92 Å². The smallest absolute Gasteiger partial charge is 0.274 e. The number of amides is 1. The van der Waals surface area contributed by atoms with Crippen molar-refractivity contribution < 1.29 is 14.7 Å². The minimum atomic E-state index is -0.561. The largest absolute Gasteiger partial charge is 0.370 e. The molecule has 1 saturated heterocycles. The number of carbonyl (C=O) groups excluding carboxylic acids is 1. The maximum absolute atomic E-state index is 12.6. The van der Waals surface area contributed by atoms with Crippen molar-refractivity contribution in [1.82, 2.24) is 10.0 Å². The highest BCUT2D eigenvalue weighted by molar-refractivity contribution is 5.93. The summed E-state index contributed by atoms with van der Waals surface area (Å²) in [5.74, 6) is -0.265. The monoisotopic (exact) mass is 356 g/mol. The summed E-state index contributed by atoms with van der Waals surface area (Å²) in [5, 5.41) is 8.65. The van der Waals surface area contributed by atoms with Gasteiger partial charge >= 0.3 is 0 Å². The minimum absolute atomic E-state index is 0.0739. The molecule has 6 nitrogen and oxygen atoms in total. The maximum atomic E-state index is 12.6. The van der Waals surface area contributed by atoms with Crippen LogP contribution >= 0.6 is 0 Å². The molecule has 1 atom stereocenters. The van der Waals surface area contributed by atoms with Gasteiger partial charge < -0.3 is 9.30 Å². The molecule has 26 heavy (non-hydrogen) atoms. The van der Waals surface area contributed by atoms with Crippen molar-refractivity contribution in [3.63, 3.8) is 0 Å². The molecular weight excluding hydrogens is 332 g/mol. The van der Waals surface area contributed by atoms with Crippen molar-refractivity contribution >= 4 is 5.91 Å². The van der Waals surface area contributed by atoms with E-state index in [1.54, 1.807) is 46.6 Å². The first kappa shape index (κ1) is 18.4. The number of hydrogen-bond acceptors (Lipinski definition) is 4. The van der Waals surface area contributed by atoms with Gasteiger partial charge in [-0.15, -0.1) is 0 Å². The van der Waals surface area contributed by atoms with Crippen LogP contribution in [0.2, 0.25) is 0 Å². The van der Waals surface area contributed by atoms with E-state index in [0.29, 0.717) is 18.0 Å². The molecule has 2 aromatic rings. The third-order valence-electron chi connectivity index (χ3n) is 5.14. The second-order valence-electron chi connectivity index (χ2n) is 7.02. The fraction of sp³-hybridized carbons (Fsp3) is 0.400.